The third kappa shape index (κ3) is 0.942. The molecule has 0 aliphatic rings. The van der Waals surface area contributed by atoms with Gasteiger partial charge in [0.1, 0.15) is 5.52 Å². The number of aromatic nitrogens is 3. The first-order valence-corrected chi connectivity index (χ1v) is 4.91. The minimum atomic E-state index is -0.220. The Morgan fingerprint density at radius 3 is 2.94 bits per heavy atom. The highest BCUT2D eigenvalue weighted by atomic mass is 16.1. The van der Waals surface area contributed by atoms with E-state index in [-0.39, 0.29) is 5.56 Å². The van der Waals surface area contributed by atoms with Gasteiger partial charge in [-0.3, -0.25) is 4.79 Å². The van der Waals surface area contributed by atoms with Gasteiger partial charge in [0, 0.05) is 18.0 Å². The largest absolute Gasteiger partial charge is 0.382 e. The molecular weight excluding hydrogens is 204 g/mol. The lowest BCUT2D eigenvalue weighted by Gasteiger charge is -1.96. The summed E-state index contributed by atoms with van der Waals surface area (Å²) in [6.07, 6.45) is 0. The molecule has 3 N–H and O–H groups in total. The fraction of sp³-hybridized carbons (Fsp3) is 0.0909. The zero-order valence-electron chi connectivity index (χ0n) is 8.69. The molecule has 5 heteroatoms. The van der Waals surface area contributed by atoms with E-state index >= 15 is 0 Å². The van der Waals surface area contributed by atoms with Gasteiger partial charge in [-0.2, -0.15) is 5.10 Å². The van der Waals surface area contributed by atoms with Crippen molar-refractivity contribution in [3.63, 3.8) is 0 Å². The number of anilines is 1. The monoisotopic (exact) mass is 214 g/mol. The molecule has 0 aliphatic heterocycles. The number of aromatic amines is 1. The molecule has 16 heavy (non-hydrogen) atoms. The van der Waals surface area contributed by atoms with E-state index in [1.165, 1.54) is 0 Å². The van der Waals surface area contributed by atoms with Crippen molar-refractivity contribution in [3.8, 4) is 0 Å². The molecule has 0 saturated heterocycles. The van der Waals surface area contributed by atoms with Crippen LogP contribution in [0.3, 0.4) is 0 Å². The van der Waals surface area contributed by atoms with E-state index in [2.05, 4.69) is 10.2 Å². The van der Waals surface area contributed by atoms with Gasteiger partial charge in [-0.15, -0.1) is 0 Å². The fourth-order valence-electron chi connectivity index (χ4n) is 2.14. The SMILES string of the molecule is Cn1c2ccccc2c2c(N)n[nH]c(=O)c21. The fourth-order valence-corrected chi connectivity index (χ4v) is 2.14. The number of hydrogen-bond acceptors (Lipinski definition) is 3. The maximum absolute atomic E-state index is 11.7. The van der Waals surface area contributed by atoms with Crippen LogP contribution in [0.2, 0.25) is 0 Å². The molecule has 1 aromatic carbocycles. The third-order valence-corrected chi connectivity index (χ3v) is 2.86. The minimum absolute atomic E-state index is 0.220. The minimum Gasteiger partial charge on any atom is -0.382 e. The predicted molar refractivity (Wildman–Crippen MR) is 63.3 cm³/mol. The number of nitrogens with one attached hydrogen (secondary N) is 1. The zero-order valence-corrected chi connectivity index (χ0v) is 8.69. The van der Waals surface area contributed by atoms with Crippen LogP contribution in [0.15, 0.2) is 29.1 Å². The molecule has 0 bridgehead atoms. The number of H-pyrrole nitrogens is 1. The van der Waals surface area contributed by atoms with Gasteiger partial charge in [-0.1, -0.05) is 18.2 Å². The molecule has 0 radical (unpaired) electrons. The van der Waals surface area contributed by atoms with Gasteiger partial charge in [0.15, 0.2) is 5.82 Å². The highest BCUT2D eigenvalue weighted by Gasteiger charge is 2.13. The zero-order chi connectivity index (χ0) is 11.3. The molecule has 3 rings (SSSR count). The summed E-state index contributed by atoms with van der Waals surface area (Å²) in [4.78, 5) is 11.7. The van der Waals surface area contributed by atoms with Crippen molar-refractivity contribution in [3.05, 3.63) is 34.6 Å². The topological polar surface area (TPSA) is 76.7 Å². The summed E-state index contributed by atoms with van der Waals surface area (Å²) in [6.45, 7) is 0. The van der Waals surface area contributed by atoms with Gasteiger partial charge in [0.25, 0.3) is 5.56 Å². The Hall–Kier alpha value is -2.30. The highest BCUT2D eigenvalue weighted by molar-refractivity contribution is 6.12. The van der Waals surface area contributed by atoms with E-state index in [1.54, 1.807) is 0 Å². The van der Waals surface area contributed by atoms with E-state index in [4.69, 9.17) is 5.73 Å². The number of fused-ring (bicyclic) bond motifs is 3. The first-order valence-electron chi connectivity index (χ1n) is 4.91. The molecule has 2 aromatic heterocycles. The standard InChI is InChI=1S/C11H10N4O/c1-15-7-5-3-2-4-6(7)8-9(15)11(16)14-13-10(8)12/h2-5H,1H3,(H2,12,13)(H,14,16). The number of nitrogens with zero attached hydrogens (tertiary/aromatic N) is 2. The second-order valence-electron chi connectivity index (χ2n) is 3.74. The first-order chi connectivity index (χ1) is 7.70. The quantitative estimate of drug-likeness (QED) is 0.586. The van der Waals surface area contributed by atoms with Crippen molar-refractivity contribution in [2.24, 2.45) is 7.05 Å². The van der Waals surface area contributed by atoms with Crippen LogP contribution in [0.25, 0.3) is 21.8 Å². The van der Waals surface area contributed by atoms with Crippen molar-refractivity contribution < 1.29 is 0 Å². The Balaban J connectivity index is 2.78. The van der Waals surface area contributed by atoms with Gasteiger partial charge >= 0.3 is 0 Å². The maximum atomic E-state index is 11.7. The van der Waals surface area contributed by atoms with Crippen LogP contribution in [0.4, 0.5) is 5.82 Å². The summed E-state index contributed by atoms with van der Waals surface area (Å²) in [5.74, 6) is 0.353. The number of nitrogen functional groups attached to an aromatic ring is 1. The summed E-state index contributed by atoms with van der Waals surface area (Å²) < 4.78 is 1.83. The Kier molecular flexibility index (Phi) is 1.60. The van der Waals surface area contributed by atoms with Gasteiger partial charge in [-0.25, -0.2) is 5.10 Å². The average Bonchev–Trinajstić information content (AvgIpc) is 2.60. The van der Waals surface area contributed by atoms with E-state index < -0.39 is 0 Å². The molecule has 80 valence electrons. The lowest BCUT2D eigenvalue weighted by atomic mass is 10.2. The summed E-state index contributed by atoms with van der Waals surface area (Å²) in [5, 5.41) is 7.87. The molecule has 3 aromatic rings. The summed E-state index contributed by atoms with van der Waals surface area (Å²) >= 11 is 0. The Bertz CT molecular complexity index is 754. The first kappa shape index (κ1) is 8.96. The summed E-state index contributed by atoms with van der Waals surface area (Å²) in [5.41, 5.74) is 7.13. The average molecular weight is 214 g/mol. The number of benzene rings is 1. The van der Waals surface area contributed by atoms with Crippen molar-refractivity contribution in [2.45, 2.75) is 0 Å². The van der Waals surface area contributed by atoms with Crippen LogP contribution >= 0.6 is 0 Å². The number of hydrogen-bond donors (Lipinski definition) is 2. The molecule has 0 unspecified atom stereocenters. The molecule has 0 atom stereocenters. The Morgan fingerprint density at radius 1 is 1.38 bits per heavy atom. The molecule has 0 amide bonds. The number of rotatable bonds is 0. The van der Waals surface area contributed by atoms with Gasteiger partial charge in [0.2, 0.25) is 0 Å². The van der Waals surface area contributed by atoms with Crippen LogP contribution in [0.1, 0.15) is 0 Å². The number of nitrogens with two attached hydrogens (primary N) is 1. The van der Waals surface area contributed by atoms with Crippen molar-refractivity contribution in [1.29, 1.82) is 0 Å². The van der Waals surface area contributed by atoms with Crippen LogP contribution in [-0.2, 0) is 7.05 Å². The van der Waals surface area contributed by atoms with Crippen LogP contribution in [0.5, 0.6) is 0 Å². The smallest absolute Gasteiger partial charge is 0.288 e. The van der Waals surface area contributed by atoms with E-state index in [9.17, 15) is 4.79 Å². The highest BCUT2D eigenvalue weighted by Crippen LogP contribution is 2.28. The van der Waals surface area contributed by atoms with Crippen LogP contribution < -0.4 is 11.3 Å². The lowest BCUT2D eigenvalue weighted by Crippen LogP contribution is -2.12. The molecule has 0 fully saturated rings. The molecule has 0 aliphatic carbocycles. The molecule has 0 saturated carbocycles. The van der Waals surface area contributed by atoms with Gasteiger partial charge in [0.05, 0.1) is 5.39 Å². The maximum Gasteiger partial charge on any atom is 0.288 e. The van der Waals surface area contributed by atoms with Crippen molar-refractivity contribution >= 4 is 27.6 Å². The number of aryl methyl sites for hydroxylation is 1. The number of para-hydroxylation sites is 1. The van der Waals surface area contributed by atoms with Crippen LogP contribution in [0, 0.1) is 0 Å². The van der Waals surface area contributed by atoms with E-state index in [0.29, 0.717) is 11.3 Å². The normalized spacial score (nSPS) is 11.3. The second-order valence-corrected chi connectivity index (χ2v) is 3.74. The molecular formula is C11H10N4O. The summed E-state index contributed by atoms with van der Waals surface area (Å²) in [7, 11) is 1.85. The molecule has 0 spiro atoms. The van der Waals surface area contributed by atoms with Gasteiger partial charge in [-0.05, 0) is 6.07 Å². The van der Waals surface area contributed by atoms with Crippen molar-refractivity contribution in [2.75, 3.05) is 5.73 Å². The molecule has 5 nitrogen and oxygen atoms in total. The lowest BCUT2D eigenvalue weighted by molar-refractivity contribution is 0.963. The predicted octanol–water partition coefficient (Wildman–Crippen LogP) is 0.997. The van der Waals surface area contributed by atoms with Gasteiger partial charge < -0.3 is 10.3 Å². The molecule has 2 heterocycles. The summed E-state index contributed by atoms with van der Waals surface area (Å²) in [6, 6.07) is 7.74. The van der Waals surface area contributed by atoms with Crippen LogP contribution in [-0.4, -0.2) is 14.8 Å². The Morgan fingerprint density at radius 2 is 2.12 bits per heavy atom. The third-order valence-electron chi connectivity index (χ3n) is 2.86. The second kappa shape index (κ2) is 2.85. The van der Waals surface area contributed by atoms with E-state index in [1.807, 2.05) is 35.9 Å². The van der Waals surface area contributed by atoms with Crippen molar-refractivity contribution in [1.82, 2.24) is 14.8 Å². The van der Waals surface area contributed by atoms with E-state index in [0.717, 1.165) is 16.3 Å². The Labute approximate surface area is 90.5 Å².